The smallest absolute Gasteiger partial charge is 0.0171 e. The van der Waals surface area contributed by atoms with Gasteiger partial charge in [-0.15, -0.1) is 0 Å². The zero-order valence-corrected chi connectivity index (χ0v) is 7.99. The van der Waals surface area contributed by atoms with Crippen LogP contribution in [0.25, 0.3) is 0 Å². The van der Waals surface area contributed by atoms with Crippen molar-refractivity contribution < 1.29 is 0 Å². The van der Waals surface area contributed by atoms with E-state index in [1.165, 1.54) is 31.4 Å². The highest BCUT2D eigenvalue weighted by Crippen LogP contribution is 2.28. The summed E-state index contributed by atoms with van der Waals surface area (Å²) in [6.45, 7) is 2.34. The van der Waals surface area contributed by atoms with Crippen molar-refractivity contribution in [3.05, 3.63) is 0 Å². The van der Waals surface area contributed by atoms with Crippen LogP contribution >= 0.6 is 11.8 Å². The Kier molecular flexibility index (Phi) is 2.42. The van der Waals surface area contributed by atoms with E-state index in [0.717, 1.165) is 17.3 Å². The maximum atomic E-state index is 3.72. The van der Waals surface area contributed by atoms with Gasteiger partial charge in [-0.25, -0.2) is 0 Å². The van der Waals surface area contributed by atoms with Gasteiger partial charge in [0.2, 0.25) is 0 Å². The van der Waals surface area contributed by atoms with Crippen LogP contribution in [0, 0.1) is 0 Å². The fraction of sp³-hybridized carbons (Fsp3) is 1.00. The van der Waals surface area contributed by atoms with E-state index in [2.05, 4.69) is 24.0 Å². The Morgan fingerprint density at radius 2 is 2.09 bits per heavy atom. The Balaban J connectivity index is 1.70. The van der Waals surface area contributed by atoms with Crippen LogP contribution < -0.4 is 5.32 Å². The SMILES string of the molecule is CC1CC(NC2CCC2)CS1. The molecule has 1 saturated heterocycles. The van der Waals surface area contributed by atoms with Crippen LogP contribution in [-0.4, -0.2) is 23.1 Å². The zero-order chi connectivity index (χ0) is 7.68. The van der Waals surface area contributed by atoms with Gasteiger partial charge in [0.05, 0.1) is 0 Å². The van der Waals surface area contributed by atoms with Gasteiger partial charge >= 0.3 is 0 Å². The standard InChI is InChI=1S/C9H17NS/c1-7-5-9(6-11-7)10-8-3-2-4-8/h7-10H,2-6H2,1H3. The number of thioether (sulfide) groups is 1. The van der Waals surface area contributed by atoms with Crippen molar-refractivity contribution in [2.45, 2.75) is 49.9 Å². The van der Waals surface area contributed by atoms with Gasteiger partial charge in [0.15, 0.2) is 0 Å². The molecule has 0 spiro atoms. The molecule has 2 fully saturated rings. The highest BCUT2D eigenvalue weighted by atomic mass is 32.2. The number of hydrogen-bond donors (Lipinski definition) is 1. The minimum atomic E-state index is 0.834. The fourth-order valence-corrected chi connectivity index (χ4v) is 3.00. The average Bonchev–Trinajstić information content (AvgIpc) is 2.27. The molecule has 0 aromatic heterocycles. The second-order valence-electron chi connectivity index (χ2n) is 3.87. The third-order valence-corrected chi connectivity index (χ3v) is 4.13. The van der Waals surface area contributed by atoms with Crippen molar-refractivity contribution in [2.75, 3.05) is 5.75 Å². The largest absolute Gasteiger partial charge is 0.310 e. The van der Waals surface area contributed by atoms with Gasteiger partial charge in [0.1, 0.15) is 0 Å². The molecule has 2 atom stereocenters. The van der Waals surface area contributed by atoms with Crippen molar-refractivity contribution in [1.82, 2.24) is 5.32 Å². The quantitative estimate of drug-likeness (QED) is 0.682. The van der Waals surface area contributed by atoms with Crippen LogP contribution in [0.4, 0.5) is 0 Å². The molecule has 0 amide bonds. The van der Waals surface area contributed by atoms with Gasteiger partial charge in [-0.3, -0.25) is 0 Å². The molecule has 2 rings (SSSR count). The van der Waals surface area contributed by atoms with Crippen LogP contribution in [0.5, 0.6) is 0 Å². The van der Waals surface area contributed by atoms with E-state index in [4.69, 9.17) is 0 Å². The number of rotatable bonds is 2. The van der Waals surface area contributed by atoms with E-state index in [-0.39, 0.29) is 0 Å². The predicted molar refractivity (Wildman–Crippen MR) is 51.1 cm³/mol. The summed E-state index contributed by atoms with van der Waals surface area (Å²) in [5.41, 5.74) is 0. The van der Waals surface area contributed by atoms with Crippen molar-refractivity contribution in [3.8, 4) is 0 Å². The van der Waals surface area contributed by atoms with Crippen molar-refractivity contribution >= 4 is 11.8 Å². The van der Waals surface area contributed by atoms with E-state index < -0.39 is 0 Å². The van der Waals surface area contributed by atoms with Crippen LogP contribution in [-0.2, 0) is 0 Å². The summed E-state index contributed by atoms with van der Waals surface area (Å²) in [5.74, 6) is 1.34. The highest BCUT2D eigenvalue weighted by molar-refractivity contribution is 8.00. The maximum absolute atomic E-state index is 3.72. The molecule has 64 valence electrons. The Bertz CT molecular complexity index is 134. The lowest BCUT2D eigenvalue weighted by molar-refractivity contribution is 0.310. The highest BCUT2D eigenvalue weighted by Gasteiger charge is 2.26. The average molecular weight is 171 g/mol. The molecule has 0 aromatic carbocycles. The molecule has 1 heterocycles. The van der Waals surface area contributed by atoms with Crippen LogP contribution in [0.15, 0.2) is 0 Å². The molecule has 0 aromatic rings. The molecule has 1 N–H and O–H groups in total. The molecule has 2 heteroatoms. The Morgan fingerprint density at radius 3 is 2.55 bits per heavy atom. The normalized spacial score (nSPS) is 39.0. The molecule has 0 radical (unpaired) electrons. The van der Waals surface area contributed by atoms with E-state index in [1.807, 2.05) is 0 Å². The second kappa shape index (κ2) is 3.36. The Labute approximate surface area is 73.3 Å². The Hall–Kier alpha value is 0.310. The first-order valence-electron chi connectivity index (χ1n) is 4.72. The molecule has 2 aliphatic rings. The van der Waals surface area contributed by atoms with Crippen molar-refractivity contribution in [3.63, 3.8) is 0 Å². The first-order chi connectivity index (χ1) is 5.34. The number of nitrogens with one attached hydrogen (secondary N) is 1. The molecule has 1 nitrogen and oxygen atoms in total. The lowest BCUT2D eigenvalue weighted by atomic mass is 9.92. The lowest BCUT2D eigenvalue weighted by Crippen LogP contribution is -2.42. The van der Waals surface area contributed by atoms with E-state index >= 15 is 0 Å². The molecule has 1 saturated carbocycles. The molecule has 11 heavy (non-hydrogen) atoms. The lowest BCUT2D eigenvalue weighted by Gasteiger charge is -2.29. The van der Waals surface area contributed by atoms with E-state index in [1.54, 1.807) is 0 Å². The summed E-state index contributed by atoms with van der Waals surface area (Å²) in [6, 6.07) is 1.71. The van der Waals surface area contributed by atoms with Gasteiger partial charge in [0.25, 0.3) is 0 Å². The third-order valence-electron chi connectivity index (χ3n) is 2.77. The van der Waals surface area contributed by atoms with Crippen LogP contribution in [0.3, 0.4) is 0 Å². The van der Waals surface area contributed by atoms with Gasteiger partial charge in [-0.05, 0) is 19.3 Å². The summed E-state index contributed by atoms with van der Waals surface area (Å²) in [5, 5.41) is 4.62. The summed E-state index contributed by atoms with van der Waals surface area (Å²) >= 11 is 2.12. The first-order valence-corrected chi connectivity index (χ1v) is 5.77. The summed E-state index contributed by atoms with van der Waals surface area (Å²) in [4.78, 5) is 0. The van der Waals surface area contributed by atoms with E-state index in [9.17, 15) is 0 Å². The maximum Gasteiger partial charge on any atom is 0.0171 e. The Morgan fingerprint density at radius 1 is 1.27 bits per heavy atom. The minimum absolute atomic E-state index is 0.834. The first kappa shape index (κ1) is 7.93. The van der Waals surface area contributed by atoms with Gasteiger partial charge < -0.3 is 5.32 Å². The fourth-order valence-electron chi connectivity index (χ4n) is 1.84. The number of hydrogen-bond acceptors (Lipinski definition) is 2. The molecular weight excluding hydrogens is 154 g/mol. The van der Waals surface area contributed by atoms with Crippen molar-refractivity contribution in [1.29, 1.82) is 0 Å². The summed E-state index contributed by atoms with van der Waals surface area (Å²) < 4.78 is 0. The minimum Gasteiger partial charge on any atom is -0.310 e. The zero-order valence-electron chi connectivity index (χ0n) is 7.18. The van der Waals surface area contributed by atoms with Gasteiger partial charge in [-0.2, -0.15) is 11.8 Å². The topological polar surface area (TPSA) is 12.0 Å². The third kappa shape index (κ3) is 1.91. The van der Waals surface area contributed by atoms with Gasteiger partial charge in [-0.1, -0.05) is 13.3 Å². The molecular formula is C9H17NS. The molecule has 1 aliphatic carbocycles. The molecule has 0 bridgehead atoms. The van der Waals surface area contributed by atoms with Crippen LogP contribution in [0.1, 0.15) is 32.6 Å². The summed E-state index contributed by atoms with van der Waals surface area (Å²) in [7, 11) is 0. The molecule has 1 aliphatic heterocycles. The predicted octanol–water partition coefficient (Wildman–Crippen LogP) is 2.02. The monoisotopic (exact) mass is 171 g/mol. The van der Waals surface area contributed by atoms with E-state index in [0.29, 0.717) is 0 Å². The van der Waals surface area contributed by atoms with Crippen LogP contribution in [0.2, 0.25) is 0 Å². The van der Waals surface area contributed by atoms with Gasteiger partial charge in [0, 0.05) is 23.1 Å². The molecule has 2 unspecified atom stereocenters. The summed E-state index contributed by atoms with van der Waals surface area (Å²) in [6.07, 6.45) is 5.69. The second-order valence-corrected chi connectivity index (χ2v) is 5.34. The van der Waals surface area contributed by atoms with Crippen molar-refractivity contribution in [2.24, 2.45) is 0 Å².